The van der Waals surface area contributed by atoms with Crippen LogP contribution in [0, 0.1) is 0 Å². The van der Waals surface area contributed by atoms with Gasteiger partial charge in [-0.3, -0.25) is 0 Å². The number of hydrogen-bond donors (Lipinski definition) is 0. The molecule has 0 spiro atoms. The van der Waals surface area contributed by atoms with Gasteiger partial charge in [0.25, 0.3) is 0 Å². The number of aryl methyl sites for hydroxylation is 1. The third-order valence-electron chi connectivity index (χ3n) is 2.70. The minimum Gasteiger partial charge on any atom is -0.208 e. The van der Waals surface area contributed by atoms with Crippen molar-refractivity contribution in [3.63, 3.8) is 0 Å². The molecule has 0 atom stereocenters. The predicted molar refractivity (Wildman–Crippen MR) is 62.6 cm³/mol. The van der Waals surface area contributed by atoms with Gasteiger partial charge in [0.05, 0.1) is 0 Å². The molecule has 1 aromatic carbocycles. The molecule has 1 aromatic rings. The van der Waals surface area contributed by atoms with E-state index in [1.807, 2.05) is 25.1 Å². The van der Waals surface area contributed by atoms with Crippen molar-refractivity contribution in [1.29, 1.82) is 0 Å². The molecule has 0 aromatic heterocycles. The van der Waals surface area contributed by atoms with Crippen LogP contribution in [0.25, 0.3) is 0 Å². The third kappa shape index (κ3) is 4.04. The summed E-state index contributed by atoms with van der Waals surface area (Å²) >= 11 is 0. The summed E-state index contributed by atoms with van der Waals surface area (Å²) in [6.07, 6.45) is -3.45. The van der Waals surface area contributed by atoms with Gasteiger partial charge in [0.2, 0.25) is 0 Å². The number of rotatable bonds is 4. The maximum atomic E-state index is 12.8. The quantitative estimate of drug-likeness (QED) is 0.725. The number of hydrogen-bond acceptors (Lipinski definition) is 1. The van der Waals surface area contributed by atoms with Gasteiger partial charge in [0.15, 0.2) is 0 Å². The van der Waals surface area contributed by atoms with Crippen LogP contribution in [-0.4, -0.2) is 17.2 Å². The molecule has 0 saturated heterocycles. The summed E-state index contributed by atoms with van der Waals surface area (Å²) in [5, 5.41) is 0. The molecule has 0 fully saturated rings. The molecule has 0 N–H and O–H groups in total. The molecule has 0 saturated carbocycles. The highest BCUT2D eigenvalue weighted by Crippen LogP contribution is 2.26. The van der Waals surface area contributed by atoms with Crippen LogP contribution in [0.15, 0.2) is 24.3 Å². The third-order valence-corrected chi connectivity index (χ3v) is 2.70. The molecule has 0 bridgehead atoms. The van der Waals surface area contributed by atoms with Gasteiger partial charge in [-0.1, -0.05) is 31.2 Å². The number of nitrogens with zero attached hydrogens (tertiary/aromatic N) is 1. The van der Waals surface area contributed by atoms with Crippen LogP contribution in [-0.2, 0) is 13.0 Å². The van der Waals surface area contributed by atoms with Crippen LogP contribution in [0.3, 0.4) is 0 Å². The average Bonchev–Trinajstić information content (AvgIpc) is 2.24. The topological polar surface area (TPSA) is 3.24 Å². The molecule has 0 amide bonds. The van der Waals surface area contributed by atoms with E-state index in [1.54, 1.807) is 19.9 Å². The first kappa shape index (κ1) is 14.0. The van der Waals surface area contributed by atoms with Crippen molar-refractivity contribution < 1.29 is 13.2 Å². The van der Waals surface area contributed by atoms with E-state index in [4.69, 9.17) is 0 Å². The molecular weight excluding hydrogens is 227 g/mol. The Balaban J connectivity index is 2.86. The lowest BCUT2D eigenvalue weighted by Crippen LogP contribution is -2.42. The minimum atomic E-state index is -4.28. The first-order chi connectivity index (χ1) is 7.84. The molecule has 17 heavy (non-hydrogen) atoms. The summed E-state index contributed by atoms with van der Waals surface area (Å²) in [6, 6.07) is 6.75. The Morgan fingerprint density at radius 2 is 1.76 bits per heavy atom. The van der Waals surface area contributed by atoms with Crippen LogP contribution in [0.2, 0.25) is 0 Å². The Kier molecular flexibility index (Phi) is 4.57. The zero-order valence-corrected chi connectivity index (χ0v) is 10.4. The zero-order chi connectivity index (χ0) is 13.1. The summed E-state index contributed by atoms with van der Waals surface area (Å²) in [7, 11) is 0. The summed E-state index contributed by atoms with van der Waals surface area (Å²) < 4.78 is 38.3. The Hall–Kier alpha value is -1.03. The van der Waals surface area contributed by atoms with Crippen molar-refractivity contribution in [2.24, 2.45) is 0 Å². The molecule has 1 nitrogen and oxygen atoms in total. The molecule has 1 rings (SSSR count). The van der Waals surface area contributed by atoms with Crippen LogP contribution in [0.4, 0.5) is 13.2 Å². The van der Waals surface area contributed by atoms with Crippen molar-refractivity contribution in [1.82, 2.24) is 4.90 Å². The fraction of sp³-hybridized carbons (Fsp3) is 0.538. The van der Waals surface area contributed by atoms with E-state index in [-0.39, 0.29) is 6.54 Å². The molecule has 0 aliphatic heterocycles. The van der Waals surface area contributed by atoms with Gasteiger partial charge in [-0.25, -0.2) is 4.90 Å². The Bertz CT molecular complexity index is 358. The van der Waals surface area contributed by atoms with Gasteiger partial charge < -0.3 is 0 Å². The first-order valence-corrected chi connectivity index (χ1v) is 5.76. The van der Waals surface area contributed by atoms with E-state index in [2.05, 4.69) is 0 Å². The van der Waals surface area contributed by atoms with E-state index in [1.165, 1.54) is 0 Å². The SMILES string of the molecule is CCc1cccc(CN(C(C)C)C(F)(F)F)c1. The van der Waals surface area contributed by atoms with Gasteiger partial charge >= 0.3 is 6.30 Å². The largest absolute Gasteiger partial charge is 0.460 e. The van der Waals surface area contributed by atoms with Gasteiger partial charge in [0.1, 0.15) is 0 Å². The van der Waals surface area contributed by atoms with Crippen LogP contribution in [0.1, 0.15) is 31.9 Å². The molecule has 96 valence electrons. The van der Waals surface area contributed by atoms with E-state index < -0.39 is 12.3 Å². The highest BCUT2D eigenvalue weighted by molar-refractivity contribution is 5.23. The maximum absolute atomic E-state index is 12.8. The van der Waals surface area contributed by atoms with Crippen molar-refractivity contribution in [2.45, 2.75) is 46.1 Å². The number of benzene rings is 1. The second-order valence-electron chi connectivity index (χ2n) is 4.36. The summed E-state index contributed by atoms with van der Waals surface area (Å²) in [4.78, 5) is 0.543. The lowest BCUT2D eigenvalue weighted by Gasteiger charge is -2.28. The van der Waals surface area contributed by atoms with Crippen LogP contribution < -0.4 is 0 Å². The van der Waals surface area contributed by atoms with E-state index >= 15 is 0 Å². The van der Waals surface area contributed by atoms with Gasteiger partial charge in [-0.2, -0.15) is 13.2 Å². The molecule has 0 heterocycles. The predicted octanol–water partition coefficient (Wildman–Crippen LogP) is 3.98. The van der Waals surface area contributed by atoms with Crippen molar-refractivity contribution in [3.05, 3.63) is 35.4 Å². The van der Waals surface area contributed by atoms with Gasteiger partial charge in [-0.05, 0) is 31.4 Å². The fourth-order valence-corrected chi connectivity index (χ4v) is 1.71. The molecule has 0 aliphatic carbocycles. The number of halogens is 3. The summed E-state index contributed by atoms with van der Waals surface area (Å²) in [5.41, 5.74) is 1.77. The van der Waals surface area contributed by atoms with Gasteiger partial charge in [-0.15, -0.1) is 0 Å². The van der Waals surface area contributed by atoms with Crippen LogP contribution in [0.5, 0.6) is 0 Å². The van der Waals surface area contributed by atoms with Crippen molar-refractivity contribution in [2.75, 3.05) is 0 Å². The average molecular weight is 245 g/mol. The smallest absolute Gasteiger partial charge is 0.208 e. The second-order valence-corrected chi connectivity index (χ2v) is 4.36. The molecule has 0 aliphatic rings. The van der Waals surface area contributed by atoms with E-state index in [0.717, 1.165) is 12.0 Å². The Labute approximate surface area is 100 Å². The van der Waals surface area contributed by atoms with E-state index in [0.29, 0.717) is 10.5 Å². The lowest BCUT2D eigenvalue weighted by molar-refractivity contribution is -0.259. The maximum Gasteiger partial charge on any atom is 0.460 e. The monoisotopic (exact) mass is 245 g/mol. The molecule has 0 radical (unpaired) electrons. The zero-order valence-electron chi connectivity index (χ0n) is 10.4. The molecule has 0 unspecified atom stereocenters. The standard InChI is InChI=1S/C13H18F3N/c1-4-11-6-5-7-12(8-11)9-17(10(2)3)13(14,15)16/h5-8,10H,4,9H2,1-3H3. The Morgan fingerprint density at radius 3 is 2.24 bits per heavy atom. The highest BCUT2D eigenvalue weighted by atomic mass is 19.4. The van der Waals surface area contributed by atoms with E-state index in [9.17, 15) is 13.2 Å². The summed E-state index contributed by atoms with van der Waals surface area (Å²) in [5.74, 6) is 0. The minimum absolute atomic E-state index is 0.0883. The molecule has 4 heteroatoms. The van der Waals surface area contributed by atoms with Crippen molar-refractivity contribution in [3.8, 4) is 0 Å². The first-order valence-electron chi connectivity index (χ1n) is 5.76. The highest BCUT2D eigenvalue weighted by Gasteiger charge is 2.38. The second kappa shape index (κ2) is 5.54. The van der Waals surface area contributed by atoms with Gasteiger partial charge in [0, 0.05) is 12.6 Å². The van der Waals surface area contributed by atoms with Crippen molar-refractivity contribution >= 4 is 0 Å². The fourth-order valence-electron chi connectivity index (χ4n) is 1.71. The number of alkyl halides is 3. The Morgan fingerprint density at radius 1 is 1.18 bits per heavy atom. The summed E-state index contributed by atoms with van der Waals surface area (Å²) in [6.45, 7) is 5.01. The lowest BCUT2D eigenvalue weighted by atomic mass is 10.1. The van der Waals surface area contributed by atoms with Crippen LogP contribution >= 0.6 is 0 Å². The molecular formula is C13H18F3N. The normalized spacial score (nSPS) is 12.5.